The third-order valence-electron chi connectivity index (χ3n) is 8.39. The van der Waals surface area contributed by atoms with Crippen molar-refractivity contribution in [2.45, 2.75) is 58.8 Å². The largest absolute Gasteiger partial charge is 0.379 e. The fraction of sp³-hybridized carbons (Fsp3) is 0.467. The highest BCUT2D eigenvalue weighted by molar-refractivity contribution is 6.02. The Labute approximate surface area is 229 Å². The normalized spacial score (nSPS) is 23.4. The number of nitrogens with one attached hydrogen (secondary N) is 2. The molecule has 9 nitrogen and oxygen atoms in total. The molecule has 5 rings (SSSR count). The zero-order chi connectivity index (χ0) is 27.6. The van der Waals surface area contributed by atoms with Crippen LogP contribution in [0.5, 0.6) is 0 Å². The van der Waals surface area contributed by atoms with Crippen molar-refractivity contribution in [3.8, 4) is 0 Å². The van der Waals surface area contributed by atoms with Crippen LogP contribution >= 0.6 is 0 Å². The maximum absolute atomic E-state index is 13.4. The Morgan fingerprint density at radius 3 is 2.59 bits per heavy atom. The molecule has 4 amide bonds. The van der Waals surface area contributed by atoms with Gasteiger partial charge in [0, 0.05) is 44.6 Å². The summed E-state index contributed by atoms with van der Waals surface area (Å²) in [5.41, 5.74) is 5.83. The predicted molar refractivity (Wildman–Crippen MR) is 144 cm³/mol. The van der Waals surface area contributed by atoms with E-state index in [2.05, 4.69) is 34.6 Å². The first kappa shape index (κ1) is 27.2. The number of imide groups is 1. The zero-order valence-corrected chi connectivity index (χ0v) is 22.8. The van der Waals surface area contributed by atoms with Gasteiger partial charge < -0.3 is 10.1 Å². The summed E-state index contributed by atoms with van der Waals surface area (Å²) >= 11 is 0. The number of hydrogen-bond donors (Lipinski definition) is 2. The molecule has 3 aliphatic rings. The Hall–Kier alpha value is -3.40. The van der Waals surface area contributed by atoms with Crippen LogP contribution < -0.4 is 10.6 Å². The van der Waals surface area contributed by atoms with Gasteiger partial charge in [-0.2, -0.15) is 0 Å². The molecule has 3 heterocycles. The second-order valence-electron chi connectivity index (χ2n) is 10.9. The number of piperidine rings is 1. The van der Waals surface area contributed by atoms with E-state index in [4.69, 9.17) is 4.74 Å². The fourth-order valence-electron chi connectivity index (χ4n) is 6.09. The summed E-state index contributed by atoms with van der Waals surface area (Å²) < 4.78 is 5.44. The quantitative estimate of drug-likeness (QED) is 0.397. The van der Waals surface area contributed by atoms with Crippen LogP contribution in [0.25, 0.3) is 0 Å². The van der Waals surface area contributed by atoms with Gasteiger partial charge in [-0.1, -0.05) is 24.3 Å². The van der Waals surface area contributed by atoms with Gasteiger partial charge in [-0.15, -0.1) is 0 Å². The number of quaternary nitrogens is 1. The maximum Gasteiger partial charge on any atom is 0.347 e. The molecule has 0 bridgehead atoms. The molecular formula is C30H37N4O5+. The van der Waals surface area contributed by atoms with Crippen LogP contribution in [-0.2, 0) is 45.2 Å². The van der Waals surface area contributed by atoms with Gasteiger partial charge in [0.1, 0.15) is 6.54 Å². The molecule has 2 N–H and O–H groups in total. The number of aryl methyl sites for hydroxylation is 1. The lowest BCUT2D eigenvalue weighted by molar-refractivity contribution is -0.873. The third-order valence-corrected chi connectivity index (χ3v) is 8.39. The first-order valence-electron chi connectivity index (χ1n) is 13.8. The smallest absolute Gasteiger partial charge is 0.347 e. The van der Waals surface area contributed by atoms with Gasteiger partial charge in [-0.3, -0.25) is 24.6 Å². The molecule has 0 aliphatic carbocycles. The maximum atomic E-state index is 13.4. The number of ether oxygens (including phenoxy) is 1. The van der Waals surface area contributed by atoms with Crippen molar-refractivity contribution in [2.24, 2.45) is 0 Å². The van der Waals surface area contributed by atoms with Crippen LogP contribution in [0.2, 0.25) is 0 Å². The number of fused-ring (bicyclic) bond motifs is 1. The molecule has 0 spiro atoms. The zero-order valence-electron chi connectivity index (χ0n) is 22.8. The number of benzene rings is 2. The molecule has 2 unspecified atom stereocenters. The van der Waals surface area contributed by atoms with Gasteiger partial charge in [0.05, 0.1) is 31.7 Å². The molecule has 9 heteroatoms. The van der Waals surface area contributed by atoms with Crippen LogP contribution in [0.15, 0.2) is 36.4 Å². The average Bonchev–Trinajstić information content (AvgIpc) is 3.21. The van der Waals surface area contributed by atoms with E-state index in [0.717, 1.165) is 49.5 Å². The minimum atomic E-state index is -0.570. The Bertz CT molecular complexity index is 1300. The van der Waals surface area contributed by atoms with Crippen LogP contribution in [0.1, 0.15) is 57.9 Å². The lowest BCUT2D eigenvalue weighted by Crippen LogP contribution is -2.63. The Morgan fingerprint density at radius 1 is 1.10 bits per heavy atom. The lowest BCUT2D eigenvalue weighted by atomic mass is 10.0. The van der Waals surface area contributed by atoms with E-state index >= 15 is 0 Å². The second kappa shape index (κ2) is 11.4. The molecule has 3 aliphatic heterocycles. The topological polar surface area (TPSA) is 105 Å². The summed E-state index contributed by atoms with van der Waals surface area (Å²) in [5, 5.41) is 5.41. The molecule has 2 aromatic rings. The first-order chi connectivity index (χ1) is 18.8. The van der Waals surface area contributed by atoms with Crippen LogP contribution in [-0.4, -0.2) is 71.9 Å². The summed E-state index contributed by atoms with van der Waals surface area (Å²) in [6, 6.07) is 11.3. The summed E-state index contributed by atoms with van der Waals surface area (Å²) in [5.74, 6) is -0.794. The summed E-state index contributed by atoms with van der Waals surface area (Å²) in [6.07, 6.45) is 0.912. The van der Waals surface area contributed by atoms with Gasteiger partial charge in [0.2, 0.25) is 11.8 Å². The standard InChI is InChI=1S/C30H36N4O5/c1-3-34(26-8-9-27(35)32-29(26)37)19-24-15-22(5-7-25(24)30(34)38)17-31-28(36)16-21-4-6-23(20(2)14-21)18-33-10-12-39-13-11-33/h4-7,14-15,26H,3,8-13,16-19H2,1-2H3,(H-,31,32,35,36,37)/p+1. The number of carbonyl (C=O) groups excluding carboxylic acids is 4. The van der Waals surface area contributed by atoms with Crippen molar-refractivity contribution in [1.82, 2.24) is 15.5 Å². The highest BCUT2D eigenvalue weighted by Gasteiger charge is 2.53. The molecule has 2 aromatic carbocycles. The van der Waals surface area contributed by atoms with Crippen molar-refractivity contribution < 1.29 is 28.4 Å². The number of carbonyl (C=O) groups is 4. The van der Waals surface area contributed by atoms with Crippen molar-refractivity contribution >= 4 is 23.6 Å². The Morgan fingerprint density at radius 2 is 1.87 bits per heavy atom. The predicted octanol–water partition coefficient (Wildman–Crippen LogP) is 1.98. The van der Waals surface area contributed by atoms with E-state index in [1.54, 1.807) is 6.07 Å². The van der Waals surface area contributed by atoms with Crippen LogP contribution in [0.4, 0.5) is 0 Å². The highest BCUT2D eigenvalue weighted by Crippen LogP contribution is 2.35. The van der Waals surface area contributed by atoms with E-state index in [9.17, 15) is 19.2 Å². The minimum Gasteiger partial charge on any atom is -0.379 e. The van der Waals surface area contributed by atoms with E-state index in [0.29, 0.717) is 38.0 Å². The number of morpholine rings is 1. The van der Waals surface area contributed by atoms with Crippen LogP contribution in [0.3, 0.4) is 0 Å². The number of amides is 4. The minimum absolute atomic E-state index is 0.00510. The third kappa shape index (κ3) is 5.66. The molecule has 0 aromatic heterocycles. The molecule has 2 saturated heterocycles. The Kier molecular flexibility index (Phi) is 7.93. The SMILES string of the molecule is CC[N+]1(C2CCC(=O)NC2=O)Cc2cc(CNC(=O)Cc3ccc(CN4CCOCC4)c(C)c3)ccc2C1=O. The number of hydrogen-bond acceptors (Lipinski definition) is 6. The van der Waals surface area contributed by atoms with Gasteiger partial charge in [0.25, 0.3) is 5.91 Å². The Balaban J connectivity index is 1.19. The average molecular weight is 534 g/mol. The summed E-state index contributed by atoms with van der Waals surface area (Å²) in [6.45, 7) is 9.56. The molecule has 0 radical (unpaired) electrons. The van der Waals surface area contributed by atoms with Crippen molar-refractivity contribution in [2.75, 3.05) is 32.8 Å². The monoisotopic (exact) mass is 533 g/mol. The molecular weight excluding hydrogens is 496 g/mol. The van der Waals surface area contributed by atoms with Crippen molar-refractivity contribution in [1.29, 1.82) is 0 Å². The molecule has 206 valence electrons. The molecule has 39 heavy (non-hydrogen) atoms. The molecule has 2 fully saturated rings. The van der Waals surface area contributed by atoms with E-state index in [-0.39, 0.29) is 34.5 Å². The number of likely N-dealkylation sites (N-methyl/N-ethyl adjacent to an activating group) is 1. The molecule has 2 atom stereocenters. The van der Waals surface area contributed by atoms with Gasteiger partial charge in [-0.05, 0) is 48.2 Å². The summed E-state index contributed by atoms with van der Waals surface area (Å²) in [4.78, 5) is 52.9. The fourth-order valence-corrected chi connectivity index (χ4v) is 6.09. The van der Waals surface area contributed by atoms with E-state index in [1.807, 2.05) is 25.1 Å². The first-order valence-corrected chi connectivity index (χ1v) is 13.8. The second-order valence-corrected chi connectivity index (χ2v) is 10.9. The molecule has 0 saturated carbocycles. The van der Waals surface area contributed by atoms with Gasteiger partial charge >= 0.3 is 5.91 Å². The van der Waals surface area contributed by atoms with Gasteiger partial charge in [-0.25, -0.2) is 9.28 Å². The lowest BCUT2D eigenvalue weighted by Gasteiger charge is -2.38. The van der Waals surface area contributed by atoms with E-state index < -0.39 is 6.04 Å². The van der Waals surface area contributed by atoms with Gasteiger partial charge in [0.15, 0.2) is 6.04 Å². The van der Waals surface area contributed by atoms with Crippen LogP contribution in [0, 0.1) is 6.92 Å². The number of nitrogens with zero attached hydrogens (tertiary/aromatic N) is 2. The summed E-state index contributed by atoms with van der Waals surface area (Å²) in [7, 11) is 0. The number of rotatable bonds is 8. The van der Waals surface area contributed by atoms with Crippen molar-refractivity contribution in [3.63, 3.8) is 0 Å². The highest BCUT2D eigenvalue weighted by atomic mass is 16.5. The van der Waals surface area contributed by atoms with E-state index in [1.165, 1.54) is 11.1 Å². The van der Waals surface area contributed by atoms with Crippen molar-refractivity contribution in [3.05, 3.63) is 69.8 Å².